The Kier molecular flexibility index (Phi) is 10.4. The van der Waals surface area contributed by atoms with Gasteiger partial charge in [-0.25, -0.2) is 0 Å². The average molecular weight is 422 g/mol. The number of unbranched alkanes of at least 4 members (excludes halogenated alkanes) is 5. The number of ether oxygens (including phenoxy) is 1. The number of hydrogen-bond acceptors (Lipinski definition) is 2. The fraction of sp³-hybridized carbons (Fsp3) is 0.621. The molecule has 2 aromatic rings. The zero-order valence-electron chi connectivity index (χ0n) is 20.0. The highest BCUT2D eigenvalue weighted by molar-refractivity contribution is 5.59. The first kappa shape index (κ1) is 23.8. The molecule has 31 heavy (non-hydrogen) atoms. The summed E-state index contributed by atoms with van der Waals surface area (Å²) in [7, 11) is 0. The summed E-state index contributed by atoms with van der Waals surface area (Å²) in [6.45, 7) is 5.41. The normalized spacial score (nSPS) is 18.8. The van der Waals surface area contributed by atoms with Crippen LogP contribution in [-0.4, -0.2) is 11.6 Å². The van der Waals surface area contributed by atoms with E-state index in [1.807, 2.05) is 6.20 Å². The molecule has 2 heteroatoms. The third kappa shape index (κ3) is 8.31. The molecule has 0 amide bonds. The Morgan fingerprint density at radius 1 is 0.871 bits per heavy atom. The van der Waals surface area contributed by atoms with Crippen LogP contribution in [-0.2, 0) is 6.42 Å². The van der Waals surface area contributed by atoms with Gasteiger partial charge in [0.2, 0.25) is 0 Å². The molecule has 1 fully saturated rings. The maximum Gasteiger partial charge on any atom is 0.137 e. The third-order valence-corrected chi connectivity index (χ3v) is 7.06. The molecule has 1 aromatic carbocycles. The molecule has 0 aliphatic heterocycles. The fourth-order valence-corrected chi connectivity index (χ4v) is 4.96. The maximum atomic E-state index is 5.87. The van der Waals surface area contributed by atoms with Gasteiger partial charge in [0.1, 0.15) is 5.75 Å². The number of rotatable bonds is 13. The minimum Gasteiger partial charge on any atom is -0.492 e. The molecule has 1 heterocycles. The van der Waals surface area contributed by atoms with Crippen LogP contribution in [0.1, 0.15) is 96.5 Å². The lowest BCUT2D eigenvalue weighted by Gasteiger charge is -2.28. The quantitative estimate of drug-likeness (QED) is 0.302. The Balaban J connectivity index is 1.40. The van der Waals surface area contributed by atoms with Crippen LogP contribution in [0.5, 0.6) is 5.75 Å². The molecule has 1 aliphatic rings. The van der Waals surface area contributed by atoms with Crippen LogP contribution in [0, 0.1) is 11.8 Å². The molecule has 2 nitrogen and oxygen atoms in total. The first-order valence-corrected chi connectivity index (χ1v) is 13.0. The van der Waals surface area contributed by atoms with Gasteiger partial charge in [0.05, 0.1) is 18.5 Å². The summed E-state index contributed by atoms with van der Waals surface area (Å²) >= 11 is 0. The van der Waals surface area contributed by atoms with Crippen molar-refractivity contribution in [2.24, 2.45) is 11.8 Å². The number of benzene rings is 1. The summed E-state index contributed by atoms with van der Waals surface area (Å²) in [5.41, 5.74) is 3.67. The van der Waals surface area contributed by atoms with E-state index in [2.05, 4.69) is 55.2 Å². The molecule has 2 atom stereocenters. The monoisotopic (exact) mass is 421 g/mol. The lowest BCUT2D eigenvalue weighted by molar-refractivity contribution is 0.250. The SMILES string of the molecule is CCCCCCCCOc1ccc(-c2ccc(CCC3CCCC(CC)C3)cc2)nc1. The molecule has 0 bridgehead atoms. The summed E-state index contributed by atoms with van der Waals surface area (Å²) in [5.74, 6) is 2.79. The van der Waals surface area contributed by atoms with E-state index in [1.54, 1.807) is 0 Å². The van der Waals surface area contributed by atoms with Crippen molar-refractivity contribution in [2.45, 2.75) is 97.3 Å². The maximum absolute atomic E-state index is 5.87. The number of aryl methyl sites for hydroxylation is 1. The number of pyridine rings is 1. The molecular formula is C29H43NO. The standard InChI is InChI=1S/C29H43NO/c1-3-5-6-7-8-9-21-31-28-19-20-29(30-23-28)27-17-15-25(16-18-27)13-14-26-12-10-11-24(4-2)22-26/h15-20,23-24,26H,3-14,21-22H2,1-2H3. The van der Waals surface area contributed by atoms with Gasteiger partial charge in [-0.1, -0.05) is 95.9 Å². The second kappa shape index (κ2) is 13.6. The summed E-state index contributed by atoms with van der Waals surface area (Å²) in [6, 6.07) is 13.2. The lowest BCUT2D eigenvalue weighted by Crippen LogP contribution is -2.15. The van der Waals surface area contributed by atoms with Gasteiger partial charge >= 0.3 is 0 Å². The highest BCUT2D eigenvalue weighted by atomic mass is 16.5. The predicted molar refractivity (Wildman–Crippen MR) is 133 cm³/mol. The van der Waals surface area contributed by atoms with Crippen LogP contribution in [0.15, 0.2) is 42.6 Å². The molecule has 2 unspecified atom stereocenters. The van der Waals surface area contributed by atoms with Crippen molar-refractivity contribution in [3.63, 3.8) is 0 Å². The molecule has 0 N–H and O–H groups in total. The van der Waals surface area contributed by atoms with Crippen LogP contribution in [0.25, 0.3) is 11.3 Å². The van der Waals surface area contributed by atoms with Crippen molar-refractivity contribution in [3.8, 4) is 17.0 Å². The average Bonchev–Trinajstić information content (AvgIpc) is 2.83. The number of hydrogen-bond donors (Lipinski definition) is 0. The van der Waals surface area contributed by atoms with Crippen molar-refractivity contribution < 1.29 is 4.74 Å². The van der Waals surface area contributed by atoms with Gasteiger partial charge in [-0.05, 0) is 55.2 Å². The van der Waals surface area contributed by atoms with E-state index in [4.69, 9.17) is 4.74 Å². The highest BCUT2D eigenvalue weighted by Gasteiger charge is 2.20. The Labute approximate surface area is 190 Å². The molecule has 1 saturated carbocycles. The second-order valence-corrected chi connectivity index (χ2v) is 9.54. The van der Waals surface area contributed by atoms with Crippen LogP contribution >= 0.6 is 0 Å². The smallest absolute Gasteiger partial charge is 0.137 e. The van der Waals surface area contributed by atoms with Crippen molar-refractivity contribution in [1.29, 1.82) is 0 Å². The first-order chi connectivity index (χ1) is 15.3. The van der Waals surface area contributed by atoms with Crippen molar-refractivity contribution in [2.75, 3.05) is 6.61 Å². The van der Waals surface area contributed by atoms with Gasteiger partial charge in [0.25, 0.3) is 0 Å². The molecule has 1 aromatic heterocycles. The topological polar surface area (TPSA) is 22.1 Å². The highest BCUT2D eigenvalue weighted by Crippen LogP contribution is 2.33. The molecule has 0 saturated heterocycles. The van der Waals surface area contributed by atoms with Crippen LogP contribution in [0.2, 0.25) is 0 Å². The summed E-state index contributed by atoms with van der Waals surface area (Å²) in [6.07, 6.45) is 19.3. The Bertz CT molecular complexity index is 721. The predicted octanol–water partition coefficient (Wildman–Crippen LogP) is 8.64. The van der Waals surface area contributed by atoms with Gasteiger partial charge in [0.15, 0.2) is 0 Å². The summed E-state index contributed by atoms with van der Waals surface area (Å²) < 4.78 is 5.87. The Morgan fingerprint density at radius 2 is 1.65 bits per heavy atom. The number of aromatic nitrogens is 1. The fourth-order valence-electron chi connectivity index (χ4n) is 4.96. The lowest BCUT2D eigenvalue weighted by atomic mass is 9.78. The zero-order chi connectivity index (χ0) is 21.7. The first-order valence-electron chi connectivity index (χ1n) is 13.0. The largest absolute Gasteiger partial charge is 0.492 e. The Hall–Kier alpha value is -1.83. The molecule has 0 radical (unpaired) electrons. The van der Waals surface area contributed by atoms with E-state index in [0.717, 1.165) is 36.3 Å². The molecule has 0 spiro atoms. The van der Waals surface area contributed by atoms with Crippen LogP contribution < -0.4 is 4.74 Å². The van der Waals surface area contributed by atoms with Crippen molar-refractivity contribution in [3.05, 3.63) is 48.2 Å². The Morgan fingerprint density at radius 3 is 2.39 bits per heavy atom. The van der Waals surface area contributed by atoms with Gasteiger partial charge in [-0.15, -0.1) is 0 Å². The van der Waals surface area contributed by atoms with Crippen molar-refractivity contribution >= 4 is 0 Å². The summed E-state index contributed by atoms with van der Waals surface area (Å²) in [5, 5.41) is 0. The van der Waals surface area contributed by atoms with E-state index in [-0.39, 0.29) is 0 Å². The van der Waals surface area contributed by atoms with Crippen LogP contribution in [0.3, 0.4) is 0 Å². The third-order valence-electron chi connectivity index (χ3n) is 7.06. The minimum atomic E-state index is 0.793. The molecule has 1 aliphatic carbocycles. The molecular weight excluding hydrogens is 378 g/mol. The molecule has 170 valence electrons. The molecule has 3 rings (SSSR count). The van der Waals surface area contributed by atoms with E-state index in [1.165, 1.54) is 88.2 Å². The second-order valence-electron chi connectivity index (χ2n) is 9.54. The van der Waals surface area contributed by atoms with Gasteiger partial charge in [-0.3, -0.25) is 4.98 Å². The minimum absolute atomic E-state index is 0.793. The van der Waals surface area contributed by atoms with E-state index in [0.29, 0.717) is 0 Å². The van der Waals surface area contributed by atoms with Gasteiger partial charge in [-0.2, -0.15) is 0 Å². The van der Waals surface area contributed by atoms with E-state index in [9.17, 15) is 0 Å². The van der Waals surface area contributed by atoms with Crippen LogP contribution in [0.4, 0.5) is 0 Å². The summed E-state index contributed by atoms with van der Waals surface area (Å²) in [4.78, 5) is 4.63. The van der Waals surface area contributed by atoms with Gasteiger partial charge < -0.3 is 4.74 Å². The number of nitrogens with zero attached hydrogens (tertiary/aromatic N) is 1. The van der Waals surface area contributed by atoms with Crippen molar-refractivity contribution in [1.82, 2.24) is 4.98 Å². The van der Waals surface area contributed by atoms with Gasteiger partial charge in [0, 0.05) is 5.56 Å². The van der Waals surface area contributed by atoms with E-state index >= 15 is 0 Å². The van der Waals surface area contributed by atoms with E-state index < -0.39 is 0 Å². The zero-order valence-corrected chi connectivity index (χ0v) is 20.0.